The SMILES string of the molecule is CCOC(C)(C)CNc1nccn2nc(C)cc12. The van der Waals surface area contributed by atoms with Gasteiger partial charge in [-0.2, -0.15) is 5.10 Å². The Kier molecular flexibility index (Phi) is 3.52. The summed E-state index contributed by atoms with van der Waals surface area (Å²) < 4.78 is 7.49. The lowest BCUT2D eigenvalue weighted by atomic mass is 10.1. The summed E-state index contributed by atoms with van der Waals surface area (Å²) in [6, 6.07) is 2.02. The fourth-order valence-corrected chi connectivity index (χ4v) is 1.92. The summed E-state index contributed by atoms with van der Waals surface area (Å²) in [4.78, 5) is 4.36. The van der Waals surface area contributed by atoms with Crippen molar-refractivity contribution in [2.75, 3.05) is 18.5 Å². The molecule has 0 amide bonds. The van der Waals surface area contributed by atoms with Gasteiger partial charge in [0, 0.05) is 25.5 Å². The van der Waals surface area contributed by atoms with Gasteiger partial charge in [-0.15, -0.1) is 0 Å². The number of aryl methyl sites for hydroxylation is 1. The zero-order valence-electron chi connectivity index (χ0n) is 11.4. The number of hydrogen-bond acceptors (Lipinski definition) is 4. The highest BCUT2D eigenvalue weighted by Gasteiger charge is 2.18. The van der Waals surface area contributed by atoms with Gasteiger partial charge in [0.15, 0.2) is 5.82 Å². The number of nitrogens with zero attached hydrogens (tertiary/aromatic N) is 3. The van der Waals surface area contributed by atoms with Gasteiger partial charge >= 0.3 is 0 Å². The standard InChI is InChI=1S/C13H20N4O/c1-5-18-13(3,4)9-15-12-11-8-10(2)16-17(11)7-6-14-12/h6-8H,5,9H2,1-4H3,(H,14,15). The first-order valence-corrected chi connectivity index (χ1v) is 6.20. The summed E-state index contributed by atoms with van der Waals surface area (Å²) in [5.74, 6) is 0.839. The molecular weight excluding hydrogens is 228 g/mol. The molecule has 0 saturated heterocycles. The number of rotatable bonds is 5. The summed E-state index contributed by atoms with van der Waals surface area (Å²) in [6.07, 6.45) is 3.59. The van der Waals surface area contributed by atoms with Crippen molar-refractivity contribution in [2.45, 2.75) is 33.3 Å². The average Bonchev–Trinajstić information content (AvgIpc) is 2.67. The van der Waals surface area contributed by atoms with Gasteiger partial charge in [0.2, 0.25) is 0 Å². The van der Waals surface area contributed by atoms with E-state index in [9.17, 15) is 0 Å². The zero-order chi connectivity index (χ0) is 13.2. The van der Waals surface area contributed by atoms with E-state index in [4.69, 9.17) is 4.74 Å². The third-order valence-electron chi connectivity index (χ3n) is 2.73. The smallest absolute Gasteiger partial charge is 0.152 e. The van der Waals surface area contributed by atoms with Crippen LogP contribution < -0.4 is 5.32 Å². The maximum absolute atomic E-state index is 5.66. The molecule has 2 rings (SSSR count). The Morgan fingerprint density at radius 2 is 2.22 bits per heavy atom. The summed E-state index contributed by atoms with van der Waals surface area (Å²) in [7, 11) is 0. The van der Waals surface area contributed by atoms with Crippen molar-refractivity contribution in [1.29, 1.82) is 0 Å². The van der Waals surface area contributed by atoms with Crippen molar-refractivity contribution in [3.8, 4) is 0 Å². The van der Waals surface area contributed by atoms with Gasteiger partial charge in [-0.05, 0) is 33.8 Å². The zero-order valence-corrected chi connectivity index (χ0v) is 11.4. The molecule has 0 aliphatic carbocycles. The van der Waals surface area contributed by atoms with Gasteiger partial charge in [0.25, 0.3) is 0 Å². The molecule has 0 radical (unpaired) electrons. The van der Waals surface area contributed by atoms with Gasteiger partial charge in [0.1, 0.15) is 5.52 Å². The molecule has 0 saturated carbocycles. The Bertz CT molecular complexity index is 533. The summed E-state index contributed by atoms with van der Waals surface area (Å²) >= 11 is 0. The Balaban J connectivity index is 2.17. The van der Waals surface area contributed by atoms with E-state index in [2.05, 4.69) is 29.2 Å². The number of anilines is 1. The molecule has 5 nitrogen and oxygen atoms in total. The van der Waals surface area contributed by atoms with E-state index in [-0.39, 0.29) is 5.60 Å². The number of ether oxygens (including phenoxy) is 1. The molecule has 0 fully saturated rings. The first kappa shape index (κ1) is 12.8. The van der Waals surface area contributed by atoms with Crippen molar-refractivity contribution >= 4 is 11.3 Å². The van der Waals surface area contributed by atoms with Gasteiger partial charge in [-0.1, -0.05) is 0 Å². The highest BCUT2D eigenvalue weighted by Crippen LogP contribution is 2.16. The van der Waals surface area contributed by atoms with Gasteiger partial charge in [-0.25, -0.2) is 9.50 Å². The summed E-state index contributed by atoms with van der Waals surface area (Å²) in [6.45, 7) is 9.51. The van der Waals surface area contributed by atoms with Crippen LogP contribution in [0.2, 0.25) is 0 Å². The Hall–Kier alpha value is -1.62. The molecule has 0 aromatic carbocycles. The molecule has 0 spiro atoms. The number of aromatic nitrogens is 3. The van der Waals surface area contributed by atoms with Crippen LogP contribution in [-0.4, -0.2) is 33.4 Å². The van der Waals surface area contributed by atoms with Crippen LogP contribution in [0, 0.1) is 6.92 Å². The third-order valence-corrected chi connectivity index (χ3v) is 2.73. The predicted octanol–water partition coefficient (Wildman–Crippen LogP) is 2.26. The highest BCUT2D eigenvalue weighted by molar-refractivity contribution is 5.67. The van der Waals surface area contributed by atoms with Gasteiger partial charge in [-0.3, -0.25) is 0 Å². The van der Waals surface area contributed by atoms with E-state index in [0.29, 0.717) is 13.2 Å². The third kappa shape index (κ3) is 2.79. The molecular formula is C13H20N4O. The quantitative estimate of drug-likeness (QED) is 0.882. The topological polar surface area (TPSA) is 51.5 Å². The number of hydrogen-bond donors (Lipinski definition) is 1. The second-order valence-corrected chi connectivity index (χ2v) is 4.94. The minimum atomic E-state index is -0.210. The van der Waals surface area contributed by atoms with E-state index in [0.717, 1.165) is 17.0 Å². The summed E-state index contributed by atoms with van der Waals surface area (Å²) in [5, 5.41) is 7.69. The van der Waals surface area contributed by atoms with Crippen LogP contribution in [0.3, 0.4) is 0 Å². The van der Waals surface area contributed by atoms with E-state index >= 15 is 0 Å². The number of nitrogens with one attached hydrogen (secondary N) is 1. The first-order chi connectivity index (χ1) is 8.52. The van der Waals surface area contributed by atoms with E-state index in [1.54, 1.807) is 6.20 Å². The van der Waals surface area contributed by atoms with E-state index in [1.165, 1.54) is 0 Å². The molecule has 2 aromatic heterocycles. The van der Waals surface area contributed by atoms with Gasteiger partial charge in [0.05, 0.1) is 11.3 Å². The highest BCUT2D eigenvalue weighted by atomic mass is 16.5. The van der Waals surface area contributed by atoms with Gasteiger partial charge < -0.3 is 10.1 Å². The lowest BCUT2D eigenvalue weighted by Crippen LogP contribution is -2.33. The molecule has 98 valence electrons. The predicted molar refractivity (Wildman–Crippen MR) is 71.9 cm³/mol. The maximum atomic E-state index is 5.66. The van der Waals surface area contributed by atoms with Crippen LogP contribution in [0.15, 0.2) is 18.5 Å². The molecule has 2 heterocycles. The Morgan fingerprint density at radius 1 is 1.44 bits per heavy atom. The normalized spacial score (nSPS) is 12.0. The molecule has 1 N–H and O–H groups in total. The largest absolute Gasteiger partial charge is 0.374 e. The lowest BCUT2D eigenvalue weighted by molar-refractivity contribution is 0.000659. The minimum Gasteiger partial charge on any atom is -0.374 e. The van der Waals surface area contributed by atoms with E-state index in [1.807, 2.05) is 30.6 Å². The van der Waals surface area contributed by atoms with Crippen LogP contribution >= 0.6 is 0 Å². The van der Waals surface area contributed by atoms with Crippen LogP contribution in [0.1, 0.15) is 26.5 Å². The van der Waals surface area contributed by atoms with Crippen molar-refractivity contribution in [1.82, 2.24) is 14.6 Å². The van der Waals surface area contributed by atoms with Crippen LogP contribution in [-0.2, 0) is 4.74 Å². The second-order valence-electron chi connectivity index (χ2n) is 4.94. The fraction of sp³-hybridized carbons (Fsp3) is 0.538. The van der Waals surface area contributed by atoms with Crippen LogP contribution in [0.5, 0.6) is 0 Å². The van der Waals surface area contributed by atoms with Crippen LogP contribution in [0.25, 0.3) is 5.52 Å². The molecule has 0 atom stereocenters. The molecule has 5 heteroatoms. The Morgan fingerprint density at radius 3 is 2.94 bits per heavy atom. The first-order valence-electron chi connectivity index (χ1n) is 6.20. The fourth-order valence-electron chi connectivity index (χ4n) is 1.92. The molecule has 18 heavy (non-hydrogen) atoms. The lowest BCUT2D eigenvalue weighted by Gasteiger charge is -2.25. The molecule has 0 aliphatic heterocycles. The average molecular weight is 248 g/mol. The molecule has 0 aliphatic rings. The minimum absolute atomic E-state index is 0.210. The number of fused-ring (bicyclic) bond motifs is 1. The van der Waals surface area contributed by atoms with E-state index < -0.39 is 0 Å². The monoisotopic (exact) mass is 248 g/mol. The van der Waals surface area contributed by atoms with Crippen molar-refractivity contribution in [2.24, 2.45) is 0 Å². The maximum Gasteiger partial charge on any atom is 0.152 e. The van der Waals surface area contributed by atoms with Crippen LogP contribution in [0.4, 0.5) is 5.82 Å². The summed E-state index contributed by atoms with van der Waals surface area (Å²) in [5.41, 5.74) is 1.76. The second kappa shape index (κ2) is 4.94. The molecule has 0 unspecified atom stereocenters. The van der Waals surface area contributed by atoms with Crippen molar-refractivity contribution < 1.29 is 4.74 Å². The van der Waals surface area contributed by atoms with Crippen molar-refractivity contribution in [3.05, 3.63) is 24.2 Å². The Labute approximate surface area is 107 Å². The molecule has 0 bridgehead atoms. The van der Waals surface area contributed by atoms with Crippen molar-refractivity contribution in [3.63, 3.8) is 0 Å². The molecule has 2 aromatic rings.